The summed E-state index contributed by atoms with van der Waals surface area (Å²) >= 11 is 0. The first kappa shape index (κ1) is 15.6. The Labute approximate surface area is 88.8 Å². The molecule has 2 N–H and O–H groups in total. The molecule has 0 aliphatic rings. The third-order valence-electron chi connectivity index (χ3n) is 0. The van der Waals surface area contributed by atoms with E-state index in [9.17, 15) is 0 Å². The van der Waals surface area contributed by atoms with E-state index >= 15 is 0 Å². The molecular formula is CH4BaO3Pd. The van der Waals surface area contributed by atoms with Crippen LogP contribution in [0.15, 0.2) is 0 Å². The molecule has 0 fully saturated rings. The summed E-state index contributed by atoms with van der Waals surface area (Å²) in [5, 5.41) is 13.9. The van der Waals surface area contributed by atoms with E-state index in [1.165, 1.54) is 0 Å². The Morgan fingerprint density at radius 1 is 1.33 bits per heavy atom. The molecule has 0 saturated carbocycles. The molecule has 0 atom stereocenters. The Hall–Kier alpha value is 1.50. The van der Waals surface area contributed by atoms with Crippen LogP contribution in [0, 0.1) is 0 Å². The number of rotatable bonds is 0. The van der Waals surface area contributed by atoms with Crippen LogP contribution < -0.4 is 0 Å². The van der Waals surface area contributed by atoms with Gasteiger partial charge in [-0.15, -0.1) is 0 Å². The predicted octanol–water partition coefficient (Wildman–Crippen LogP) is -0.696. The van der Waals surface area contributed by atoms with Crippen LogP contribution in [0.3, 0.4) is 0 Å². The molecule has 0 aliphatic carbocycles. The maximum absolute atomic E-state index is 8.56. The average Bonchev–Trinajstić information content (AvgIpc) is 0.811. The van der Waals surface area contributed by atoms with Crippen molar-refractivity contribution >= 4 is 55.0 Å². The SMILES string of the molecule is O=C(O)O.[BaH2].[Pd]. The fourth-order valence-electron chi connectivity index (χ4n) is 0. The zero-order chi connectivity index (χ0) is 3.58. The van der Waals surface area contributed by atoms with Crippen LogP contribution in [-0.2, 0) is 20.4 Å². The van der Waals surface area contributed by atoms with Crippen molar-refractivity contribution in [3.63, 3.8) is 0 Å². The van der Waals surface area contributed by atoms with Gasteiger partial charge >= 0.3 is 55.0 Å². The van der Waals surface area contributed by atoms with Crippen molar-refractivity contribution in [3.8, 4) is 0 Å². The Bertz CT molecular complexity index is 33.8. The van der Waals surface area contributed by atoms with Crippen molar-refractivity contribution in [1.29, 1.82) is 0 Å². The standard InChI is InChI=1S/CH2O3.Ba.Pd.2H/c2-1(3)4;;;;/h(H2,2,3,4);;;;. The van der Waals surface area contributed by atoms with Gasteiger partial charge in [0.15, 0.2) is 0 Å². The Balaban J connectivity index is -0.0000000450. The first-order chi connectivity index (χ1) is 1.73. The molecular weight excluding hydrogens is 304 g/mol. The number of carbonyl (C=O) groups is 1. The van der Waals surface area contributed by atoms with Crippen LogP contribution in [0.1, 0.15) is 0 Å². The third-order valence-corrected chi connectivity index (χ3v) is 0. The van der Waals surface area contributed by atoms with E-state index in [0.717, 1.165) is 0 Å². The van der Waals surface area contributed by atoms with Gasteiger partial charge in [-0.2, -0.15) is 0 Å². The smallest absolute Gasteiger partial charge is 0 e. The zero-order valence-electron chi connectivity index (χ0n) is 2.12. The summed E-state index contributed by atoms with van der Waals surface area (Å²) in [4.78, 5) is 8.56. The van der Waals surface area contributed by atoms with Gasteiger partial charge in [0.1, 0.15) is 0 Å². The van der Waals surface area contributed by atoms with Gasteiger partial charge in [-0.25, -0.2) is 4.79 Å². The molecule has 0 rings (SSSR count). The molecule has 0 bridgehead atoms. The minimum Gasteiger partial charge on any atom is 0 e. The molecule has 0 aromatic carbocycles. The Morgan fingerprint density at radius 2 is 1.33 bits per heavy atom. The number of hydrogen-bond donors (Lipinski definition) is 2. The fourth-order valence-corrected chi connectivity index (χ4v) is 0. The van der Waals surface area contributed by atoms with Crippen LogP contribution in [-0.4, -0.2) is 65.2 Å². The van der Waals surface area contributed by atoms with E-state index in [0.29, 0.717) is 0 Å². The van der Waals surface area contributed by atoms with Crippen molar-refractivity contribution in [2.24, 2.45) is 0 Å². The molecule has 3 nitrogen and oxygen atoms in total. The third kappa shape index (κ3) is 49.4. The maximum atomic E-state index is 8.56. The normalized spacial score (nSPS) is 4.00. The van der Waals surface area contributed by atoms with E-state index in [4.69, 9.17) is 15.0 Å². The van der Waals surface area contributed by atoms with Gasteiger partial charge in [-0.3, -0.25) is 0 Å². The molecule has 0 radical (unpaired) electrons. The van der Waals surface area contributed by atoms with Crippen LogP contribution in [0.5, 0.6) is 0 Å². The van der Waals surface area contributed by atoms with Gasteiger partial charge in [-0.05, 0) is 0 Å². The molecule has 0 unspecified atom stereocenters. The largest absolute Gasteiger partial charge is 0 e. The van der Waals surface area contributed by atoms with E-state index in [1.807, 2.05) is 0 Å². The minimum atomic E-state index is -1.83. The molecule has 38 valence electrons. The van der Waals surface area contributed by atoms with Crippen molar-refractivity contribution in [2.45, 2.75) is 0 Å². The fraction of sp³-hybridized carbons (Fsp3) is 0. The summed E-state index contributed by atoms with van der Waals surface area (Å²) in [6.45, 7) is 0. The molecule has 0 aromatic rings. The number of hydrogen-bond acceptors (Lipinski definition) is 1. The summed E-state index contributed by atoms with van der Waals surface area (Å²) in [5.41, 5.74) is 0. The molecule has 0 aliphatic heterocycles. The Kier molecular flexibility index (Phi) is 25.3. The summed E-state index contributed by atoms with van der Waals surface area (Å²) in [7, 11) is 0. The topological polar surface area (TPSA) is 57.5 Å². The van der Waals surface area contributed by atoms with Gasteiger partial charge < -0.3 is 10.2 Å². The predicted molar refractivity (Wildman–Crippen MR) is 19.2 cm³/mol. The minimum absolute atomic E-state index is 0. The second kappa shape index (κ2) is 9.71. The summed E-state index contributed by atoms with van der Waals surface area (Å²) in [6, 6.07) is 0. The quantitative estimate of drug-likeness (QED) is 0.582. The maximum Gasteiger partial charge on any atom is 0 e. The summed E-state index contributed by atoms with van der Waals surface area (Å²) in [6.07, 6.45) is -1.83. The van der Waals surface area contributed by atoms with E-state index in [2.05, 4.69) is 0 Å². The first-order valence-corrected chi connectivity index (χ1v) is 0.651. The average molecular weight is 308 g/mol. The summed E-state index contributed by atoms with van der Waals surface area (Å²) < 4.78 is 0. The van der Waals surface area contributed by atoms with Gasteiger partial charge in [0.25, 0.3) is 0 Å². The molecule has 0 heterocycles. The van der Waals surface area contributed by atoms with Gasteiger partial charge in [0, 0.05) is 20.4 Å². The van der Waals surface area contributed by atoms with Crippen molar-refractivity contribution in [1.82, 2.24) is 0 Å². The summed E-state index contributed by atoms with van der Waals surface area (Å²) in [5.74, 6) is 0. The molecule has 5 heteroatoms. The van der Waals surface area contributed by atoms with Gasteiger partial charge in [0.05, 0.1) is 0 Å². The Morgan fingerprint density at radius 3 is 1.33 bits per heavy atom. The van der Waals surface area contributed by atoms with Crippen molar-refractivity contribution in [3.05, 3.63) is 0 Å². The van der Waals surface area contributed by atoms with Crippen molar-refractivity contribution in [2.75, 3.05) is 0 Å². The molecule has 0 spiro atoms. The number of carboxylic acid groups (broad SMARTS) is 2. The second-order valence-corrected chi connectivity index (χ2v) is 0.283. The molecule has 0 aromatic heterocycles. The second-order valence-electron chi connectivity index (χ2n) is 0.283. The molecule has 0 amide bonds. The van der Waals surface area contributed by atoms with E-state index in [1.54, 1.807) is 0 Å². The van der Waals surface area contributed by atoms with Crippen molar-refractivity contribution < 1.29 is 35.4 Å². The van der Waals surface area contributed by atoms with Gasteiger partial charge in [0.2, 0.25) is 0 Å². The first-order valence-electron chi connectivity index (χ1n) is 0.651. The van der Waals surface area contributed by atoms with E-state index < -0.39 is 6.16 Å². The molecule has 0 saturated heterocycles. The van der Waals surface area contributed by atoms with Crippen LogP contribution in [0.25, 0.3) is 0 Å². The molecule has 6 heavy (non-hydrogen) atoms. The van der Waals surface area contributed by atoms with Crippen LogP contribution in [0.2, 0.25) is 0 Å². The van der Waals surface area contributed by atoms with Crippen LogP contribution in [0.4, 0.5) is 4.79 Å². The van der Waals surface area contributed by atoms with Gasteiger partial charge in [-0.1, -0.05) is 0 Å². The van der Waals surface area contributed by atoms with Crippen LogP contribution >= 0.6 is 0 Å². The monoisotopic (exact) mass is 308 g/mol. The van der Waals surface area contributed by atoms with E-state index in [-0.39, 0.29) is 69.3 Å². The zero-order valence-corrected chi connectivity index (χ0v) is 3.67.